The minimum absolute atomic E-state index is 0.553. The standard InChI is InChI=1S/C14H17N3O/c1-2-3-5-10-14(18)13-11-15-17(16-13)12-8-6-4-7-9-12/h2,4,6-9,11,14,18H,1,3,5,10H2. The quantitative estimate of drug-likeness (QED) is 0.627. The van der Waals surface area contributed by atoms with Gasteiger partial charge in [0, 0.05) is 0 Å². The molecule has 1 aromatic carbocycles. The van der Waals surface area contributed by atoms with Gasteiger partial charge in [0.15, 0.2) is 0 Å². The van der Waals surface area contributed by atoms with Gasteiger partial charge in [0.2, 0.25) is 0 Å². The molecule has 0 bridgehead atoms. The largest absolute Gasteiger partial charge is 0.387 e. The number of hydrogen-bond acceptors (Lipinski definition) is 3. The van der Waals surface area contributed by atoms with Gasteiger partial charge in [-0.2, -0.15) is 15.0 Å². The summed E-state index contributed by atoms with van der Waals surface area (Å²) in [4.78, 5) is 1.53. The molecule has 0 aliphatic rings. The normalized spacial score (nSPS) is 12.3. The third-order valence-electron chi connectivity index (χ3n) is 2.72. The molecule has 1 unspecified atom stereocenters. The van der Waals surface area contributed by atoms with Crippen molar-refractivity contribution in [3.63, 3.8) is 0 Å². The number of para-hydroxylation sites is 1. The van der Waals surface area contributed by atoms with E-state index in [-0.39, 0.29) is 0 Å². The first kappa shape index (κ1) is 12.5. The van der Waals surface area contributed by atoms with Gasteiger partial charge >= 0.3 is 0 Å². The Morgan fingerprint density at radius 3 is 2.83 bits per heavy atom. The Labute approximate surface area is 107 Å². The highest BCUT2D eigenvalue weighted by molar-refractivity contribution is 5.28. The topological polar surface area (TPSA) is 50.9 Å². The molecule has 0 aliphatic carbocycles. The van der Waals surface area contributed by atoms with Gasteiger partial charge < -0.3 is 5.11 Å². The fourth-order valence-electron chi connectivity index (χ4n) is 1.72. The SMILES string of the molecule is C=CCCCC(O)c1cnn(-c2ccccc2)n1. The van der Waals surface area contributed by atoms with Crippen LogP contribution in [0, 0.1) is 0 Å². The summed E-state index contributed by atoms with van der Waals surface area (Å²) in [7, 11) is 0. The Hall–Kier alpha value is -1.94. The summed E-state index contributed by atoms with van der Waals surface area (Å²) in [6.45, 7) is 3.66. The lowest BCUT2D eigenvalue weighted by Crippen LogP contribution is -2.02. The zero-order valence-electron chi connectivity index (χ0n) is 10.2. The first-order chi connectivity index (χ1) is 8.81. The van der Waals surface area contributed by atoms with Gasteiger partial charge in [0.25, 0.3) is 0 Å². The van der Waals surface area contributed by atoms with E-state index in [0.29, 0.717) is 12.1 Å². The first-order valence-electron chi connectivity index (χ1n) is 6.08. The predicted molar refractivity (Wildman–Crippen MR) is 70.4 cm³/mol. The number of rotatable bonds is 6. The van der Waals surface area contributed by atoms with Gasteiger partial charge in [-0.1, -0.05) is 24.3 Å². The molecule has 2 aromatic rings. The molecule has 0 amide bonds. The van der Waals surface area contributed by atoms with E-state index in [1.807, 2.05) is 36.4 Å². The monoisotopic (exact) mass is 243 g/mol. The molecule has 0 saturated heterocycles. The molecule has 1 atom stereocenters. The van der Waals surface area contributed by atoms with Crippen LogP contribution in [0.15, 0.2) is 49.2 Å². The Morgan fingerprint density at radius 2 is 2.11 bits per heavy atom. The van der Waals surface area contributed by atoms with Crippen molar-refractivity contribution in [3.05, 3.63) is 54.9 Å². The van der Waals surface area contributed by atoms with Crippen molar-refractivity contribution in [1.29, 1.82) is 0 Å². The van der Waals surface area contributed by atoms with E-state index in [1.54, 1.807) is 6.20 Å². The number of hydrogen-bond donors (Lipinski definition) is 1. The van der Waals surface area contributed by atoms with Crippen molar-refractivity contribution in [2.75, 3.05) is 0 Å². The second kappa shape index (κ2) is 6.12. The number of unbranched alkanes of at least 4 members (excludes halogenated alkanes) is 1. The van der Waals surface area contributed by atoms with E-state index in [9.17, 15) is 5.11 Å². The maximum Gasteiger partial charge on any atom is 0.112 e. The molecule has 4 nitrogen and oxygen atoms in total. The van der Waals surface area contributed by atoms with E-state index in [4.69, 9.17) is 0 Å². The van der Waals surface area contributed by atoms with Gasteiger partial charge in [-0.25, -0.2) is 0 Å². The van der Waals surface area contributed by atoms with Crippen molar-refractivity contribution >= 4 is 0 Å². The molecular formula is C14H17N3O. The van der Waals surface area contributed by atoms with Crippen molar-refractivity contribution in [2.24, 2.45) is 0 Å². The zero-order valence-corrected chi connectivity index (χ0v) is 10.2. The van der Waals surface area contributed by atoms with Crippen molar-refractivity contribution in [3.8, 4) is 5.69 Å². The molecule has 94 valence electrons. The highest BCUT2D eigenvalue weighted by Gasteiger charge is 2.11. The van der Waals surface area contributed by atoms with Gasteiger partial charge in [0.05, 0.1) is 18.0 Å². The molecule has 1 aromatic heterocycles. The third-order valence-corrected chi connectivity index (χ3v) is 2.72. The number of allylic oxidation sites excluding steroid dienone is 1. The fourth-order valence-corrected chi connectivity index (χ4v) is 1.72. The van der Waals surface area contributed by atoms with Crippen molar-refractivity contribution in [1.82, 2.24) is 15.0 Å². The van der Waals surface area contributed by atoms with Gasteiger partial charge in [-0.3, -0.25) is 0 Å². The van der Waals surface area contributed by atoms with Crippen molar-refractivity contribution in [2.45, 2.75) is 25.4 Å². The van der Waals surface area contributed by atoms with Gasteiger partial charge in [-0.15, -0.1) is 6.58 Å². The lowest BCUT2D eigenvalue weighted by atomic mass is 10.1. The fraction of sp³-hybridized carbons (Fsp3) is 0.286. The second-order valence-electron chi connectivity index (χ2n) is 4.13. The van der Waals surface area contributed by atoms with Crippen LogP contribution >= 0.6 is 0 Å². The summed E-state index contributed by atoms with van der Waals surface area (Å²) in [5.74, 6) is 0. The first-order valence-corrected chi connectivity index (χ1v) is 6.08. The zero-order chi connectivity index (χ0) is 12.8. The second-order valence-corrected chi connectivity index (χ2v) is 4.13. The summed E-state index contributed by atoms with van der Waals surface area (Å²) in [6, 6.07) is 9.65. The summed E-state index contributed by atoms with van der Waals surface area (Å²) in [5, 5.41) is 18.4. The molecule has 18 heavy (non-hydrogen) atoms. The van der Waals surface area contributed by atoms with Gasteiger partial charge in [0.1, 0.15) is 5.69 Å². The lowest BCUT2D eigenvalue weighted by Gasteiger charge is -2.05. The van der Waals surface area contributed by atoms with E-state index in [0.717, 1.165) is 18.5 Å². The number of aromatic nitrogens is 3. The summed E-state index contributed by atoms with van der Waals surface area (Å²) >= 11 is 0. The average molecular weight is 243 g/mol. The summed E-state index contributed by atoms with van der Waals surface area (Å²) in [6.07, 6.45) is 5.41. The molecule has 0 fully saturated rings. The molecule has 0 radical (unpaired) electrons. The van der Waals surface area contributed by atoms with Crippen LogP contribution in [-0.2, 0) is 0 Å². The number of nitrogens with zero attached hydrogens (tertiary/aromatic N) is 3. The van der Waals surface area contributed by atoms with Crippen LogP contribution in [-0.4, -0.2) is 20.1 Å². The minimum atomic E-state index is -0.553. The number of aliphatic hydroxyl groups is 1. The molecule has 0 saturated carbocycles. The Morgan fingerprint density at radius 1 is 1.33 bits per heavy atom. The van der Waals surface area contributed by atoms with E-state index in [1.165, 1.54) is 4.80 Å². The summed E-state index contributed by atoms with van der Waals surface area (Å²) < 4.78 is 0. The Balaban J connectivity index is 2.04. The average Bonchev–Trinajstić information content (AvgIpc) is 2.89. The van der Waals surface area contributed by atoms with Crippen LogP contribution in [0.3, 0.4) is 0 Å². The predicted octanol–water partition coefficient (Wildman–Crippen LogP) is 2.66. The van der Waals surface area contributed by atoms with Crippen LogP contribution in [0.1, 0.15) is 31.1 Å². The number of aliphatic hydroxyl groups excluding tert-OH is 1. The third kappa shape index (κ3) is 3.05. The highest BCUT2D eigenvalue weighted by Crippen LogP contribution is 2.17. The Kier molecular flexibility index (Phi) is 4.25. The lowest BCUT2D eigenvalue weighted by molar-refractivity contribution is 0.160. The molecule has 1 N–H and O–H groups in total. The van der Waals surface area contributed by atoms with Crippen LogP contribution in [0.25, 0.3) is 5.69 Å². The molecule has 0 spiro atoms. The van der Waals surface area contributed by atoms with Crippen LogP contribution in [0.2, 0.25) is 0 Å². The van der Waals surface area contributed by atoms with E-state index < -0.39 is 6.10 Å². The number of benzene rings is 1. The highest BCUT2D eigenvalue weighted by atomic mass is 16.3. The van der Waals surface area contributed by atoms with Gasteiger partial charge in [-0.05, 0) is 31.4 Å². The Bertz CT molecular complexity index is 493. The van der Waals surface area contributed by atoms with Crippen molar-refractivity contribution < 1.29 is 5.11 Å². The molecule has 4 heteroatoms. The van der Waals surface area contributed by atoms with Crippen LogP contribution in [0.5, 0.6) is 0 Å². The molecular weight excluding hydrogens is 226 g/mol. The minimum Gasteiger partial charge on any atom is -0.387 e. The summed E-state index contributed by atoms with van der Waals surface area (Å²) in [5.41, 5.74) is 1.50. The maximum absolute atomic E-state index is 9.96. The maximum atomic E-state index is 9.96. The molecule has 2 rings (SSSR count). The molecule has 1 heterocycles. The van der Waals surface area contributed by atoms with Crippen LogP contribution < -0.4 is 0 Å². The molecule has 0 aliphatic heterocycles. The van der Waals surface area contributed by atoms with E-state index >= 15 is 0 Å². The van der Waals surface area contributed by atoms with E-state index in [2.05, 4.69) is 16.8 Å². The van der Waals surface area contributed by atoms with Crippen LogP contribution in [0.4, 0.5) is 0 Å². The smallest absolute Gasteiger partial charge is 0.112 e.